The van der Waals surface area contributed by atoms with Crippen LogP contribution in [-0.2, 0) is 4.79 Å². The summed E-state index contributed by atoms with van der Waals surface area (Å²) in [6.45, 7) is 3.38. The van der Waals surface area contributed by atoms with E-state index in [9.17, 15) is 9.59 Å². The molecule has 1 saturated heterocycles. The third kappa shape index (κ3) is 5.05. The first-order valence-corrected chi connectivity index (χ1v) is 9.49. The second kappa shape index (κ2) is 8.48. The van der Waals surface area contributed by atoms with Crippen molar-refractivity contribution in [2.75, 3.05) is 38.5 Å². The van der Waals surface area contributed by atoms with Gasteiger partial charge in [-0.05, 0) is 50.1 Å². The molecule has 1 heterocycles. The van der Waals surface area contributed by atoms with Crippen LogP contribution in [0.25, 0.3) is 0 Å². The summed E-state index contributed by atoms with van der Waals surface area (Å²) in [5.41, 5.74) is 1.46. The van der Waals surface area contributed by atoms with Gasteiger partial charge in [-0.3, -0.25) is 9.59 Å². The molecular formula is C20H29N3O2. The molecule has 3 rings (SSSR count). The number of hydrogen-bond donors (Lipinski definition) is 1. The molecule has 1 aliphatic heterocycles. The van der Waals surface area contributed by atoms with Gasteiger partial charge in [0.25, 0.3) is 5.91 Å². The summed E-state index contributed by atoms with van der Waals surface area (Å²) in [5.74, 6) is 0.699. The maximum atomic E-state index is 12.5. The van der Waals surface area contributed by atoms with Crippen LogP contribution in [0.4, 0.5) is 5.69 Å². The molecule has 0 bridgehead atoms. The molecule has 5 heteroatoms. The Balaban J connectivity index is 1.51. The van der Waals surface area contributed by atoms with Crippen LogP contribution in [0, 0.1) is 5.92 Å². The van der Waals surface area contributed by atoms with Crippen molar-refractivity contribution in [1.29, 1.82) is 0 Å². The van der Waals surface area contributed by atoms with E-state index in [0.29, 0.717) is 17.9 Å². The Morgan fingerprint density at radius 1 is 1.00 bits per heavy atom. The van der Waals surface area contributed by atoms with E-state index in [-0.39, 0.29) is 11.8 Å². The van der Waals surface area contributed by atoms with Crippen molar-refractivity contribution in [2.45, 2.75) is 38.5 Å². The number of nitrogens with one attached hydrogen (secondary N) is 1. The minimum atomic E-state index is 0.0770. The van der Waals surface area contributed by atoms with Crippen molar-refractivity contribution < 1.29 is 9.59 Å². The summed E-state index contributed by atoms with van der Waals surface area (Å²) in [6.07, 6.45) is 6.77. The molecule has 1 aliphatic carbocycles. The lowest BCUT2D eigenvalue weighted by atomic mass is 9.87. The summed E-state index contributed by atoms with van der Waals surface area (Å²) in [7, 11) is 2.08. The van der Waals surface area contributed by atoms with E-state index in [1.54, 1.807) is 0 Å². The van der Waals surface area contributed by atoms with Crippen LogP contribution in [0.3, 0.4) is 0 Å². The van der Waals surface area contributed by atoms with E-state index in [1.165, 1.54) is 32.1 Å². The topological polar surface area (TPSA) is 52.6 Å². The molecule has 0 unspecified atom stereocenters. The minimum absolute atomic E-state index is 0.0770. The molecule has 1 N–H and O–H groups in total. The Bertz CT molecular complexity index is 585. The molecule has 0 radical (unpaired) electrons. The Morgan fingerprint density at radius 2 is 1.64 bits per heavy atom. The van der Waals surface area contributed by atoms with Crippen molar-refractivity contribution in [3.8, 4) is 0 Å². The number of amides is 2. The minimum Gasteiger partial charge on any atom is -0.336 e. The SMILES string of the molecule is CN1CCN(C(=O)c2ccc(NC(=O)CC3CCCCC3)cc2)CC1. The first-order valence-electron chi connectivity index (χ1n) is 9.49. The normalized spacial score (nSPS) is 19.6. The zero-order valence-electron chi connectivity index (χ0n) is 15.2. The summed E-state index contributed by atoms with van der Waals surface area (Å²) >= 11 is 0. The fourth-order valence-corrected chi connectivity index (χ4v) is 3.75. The zero-order valence-corrected chi connectivity index (χ0v) is 15.2. The number of benzene rings is 1. The number of nitrogens with zero attached hydrogens (tertiary/aromatic N) is 2. The third-order valence-electron chi connectivity index (χ3n) is 5.40. The van der Waals surface area contributed by atoms with Gasteiger partial charge >= 0.3 is 0 Å². The van der Waals surface area contributed by atoms with Gasteiger partial charge in [-0.15, -0.1) is 0 Å². The number of likely N-dealkylation sites (N-methyl/N-ethyl adjacent to an activating group) is 1. The molecule has 1 aromatic rings. The Hall–Kier alpha value is -1.88. The molecule has 136 valence electrons. The molecule has 0 spiro atoms. The number of carbonyl (C=O) groups is 2. The average molecular weight is 343 g/mol. The Morgan fingerprint density at radius 3 is 2.28 bits per heavy atom. The predicted octanol–water partition coefficient (Wildman–Crippen LogP) is 2.98. The smallest absolute Gasteiger partial charge is 0.253 e. The van der Waals surface area contributed by atoms with Gasteiger partial charge in [0.1, 0.15) is 0 Å². The van der Waals surface area contributed by atoms with Gasteiger partial charge in [0, 0.05) is 43.9 Å². The van der Waals surface area contributed by atoms with E-state index in [2.05, 4.69) is 17.3 Å². The monoisotopic (exact) mass is 343 g/mol. The van der Waals surface area contributed by atoms with E-state index >= 15 is 0 Å². The van der Waals surface area contributed by atoms with Crippen LogP contribution >= 0.6 is 0 Å². The highest BCUT2D eigenvalue weighted by Crippen LogP contribution is 2.26. The largest absolute Gasteiger partial charge is 0.336 e. The van der Waals surface area contributed by atoms with Gasteiger partial charge in [0.15, 0.2) is 0 Å². The van der Waals surface area contributed by atoms with Crippen molar-refractivity contribution in [1.82, 2.24) is 9.80 Å². The highest BCUT2D eigenvalue weighted by molar-refractivity contribution is 5.96. The van der Waals surface area contributed by atoms with E-state index in [0.717, 1.165) is 31.9 Å². The number of piperazine rings is 1. The highest BCUT2D eigenvalue weighted by Gasteiger charge is 2.20. The average Bonchev–Trinajstić information content (AvgIpc) is 2.63. The molecular weight excluding hydrogens is 314 g/mol. The summed E-state index contributed by atoms with van der Waals surface area (Å²) in [6, 6.07) is 7.30. The van der Waals surface area contributed by atoms with Crippen LogP contribution < -0.4 is 5.32 Å². The van der Waals surface area contributed by atoms with Crippen molar-refractivity contribution in [2.24, 2.45) is 5.92 Å². The maximum absolute atomic E-state index is 12.5. The number of anilines is 1. The van der Waals surface area contributed by atoms with Crippen molar-refractivity contribution >= 4 is 17.5 Å². The van der Waals surface area contributed by atoms with E-state index < -0.39 is 0 Å². The fourth-order valence-electron chi connectivity index (χ4n) is 3.75. The molecule has 5 nitrogen and oxygen atoms in total. The second-order valence-corrected chi connectivity index (χ2v) is 7.43. The lowest BCUT2D eigenvalue weighted by molar-refractivity contribution is -0.117. The molecule has 2 amide bonds. The van der Waals surface area contributed by atoms with Gasteiger partial charge in [0.2, 0.25) is 5.91 Å². The molecule has 25 heavy (non-hydrogen) atoms. The first-order chi connectivity index (χ1) is 12.1. The third-order valence-corrected chi connectivity index (χ3v) is 5.40. The predicted molar refractivity (Wildman–Crippen MR) is 99.7 cm³/mol. The first kappa shape index (κ1) is 17.9. The summed E-state index contributed by atoms with van der Waals surface area (Å²) < 4.78 is 0. The summed E-state index contributed by atoms with van der Waals surface area (Å²) in [5, 5.41) is 2.97. The van der Waals surface area contributed by atoms with Gasteiger partial charge in [-0.2, -0.15) is 0 Å². The van der Waals surface area contributed by atoms with Gasteiger partial charge < -0.3 is 15.1 Å². The number of hydrogen-bond acceptors (Lipinski definition) is 3. The van der Waals surface area contributed by atoms with E-state index in [1.807, 2.05) is 29.2 Å². The fraction of sp³-hybridized carbons (Fsp3) is 0.600. The number of rotatable bonds is 4. The lowest BCUT2D eigenvalue weighted by Gasteiger charge is -2.32. The molecule has 1 aromatic carbocycles. The standard InChI is InChI=1S/C20H29N3O2/c1-22-11-13-23(14-12-22)20(25)17-7-9-18(10-8-17)21-19(24)15-16-5-3-2-4-6-16/h7-10,16H,2-6,11-15H2,1H3,(H,21,24). The van der Waals surface area contributed by atoms with Crippen LogP contribution in [0.15, 0.2) is 24.3 Å². The lowest BCUT2D eigenvalue weighted by Crippen LogP contribution is -2.47. The Labute approximate surface area is 150 Å². The van der Waals surface area contributed by atoms with Gasteiger partial charge in [-0.1, -0.05) is 19.3 Å². The zero-order chi connectivity index (χ0) is 17.6. The molecule has 0 aromatic heterocycles. The molecule has 2 fully saturated rings. The summed E-state index contributed by atoms with van der Waals surface area (Å²) in [4.78, 5) is 28.8. The van der Waals surface area contributed by atoms with Crippen LogP contribution in [0.1, 0.15) is 48.9 Å². The van der Waals surface area contributed by atoms with Crippen LogP contribution in [0.2, 0.25) is 0 Å². The highest BCUT2D eigenvalue weighted by atomic mass is 16.2. The van der Waals surface area contributed by atoms with E-state index in [4.69, 9.17) is 0 Å². The number of carbonyl (C=O) groups excluding carboxylic acids is 2. The maximum Gasteiger partial charge on any atom is 0.253 e. The van der Waals surface area contributed by atoms with Crippen LogP contribution in [-0.4, -0.2) is 54.8 Å². The second-order valence-electron chi connectivity index (χ2n) is 7.43. The van der Waals surface area contributed by atoms with Gasteiger partial charge in [0.05, 0.1) is 0 Å². The molecule has 1 saturated carbocycles. The van der Waals surface area contributed by atoms with Crippen molar-refractivity contribution in [3.63, 3.8) is 0 Å². The van der Waals surface area contributed by atoms with Gasteiger partial charge in [-0.25, -0.2) is 0 Å². The molecule has 0 atom stereocenters. The Kier molecular flexibility index (Phi) is 6.08. The van der Waals surface area contributed by atoms with Crippen LogP contribution in [0.5, 0.6) is 0 Å². The quantitative estimate of drug-likeness (QED) is 0.914. The van der Waals surface area contributed by atoms with Crippen molar-refractivity contribution in [3.05, 3.63) is 29.8 Å². The molecule has 2 aliphatic rings.